The standard InChI is InChI=1S/C29H26ClF3N4O3/c1-17(39-26-12-9-22(15-34-26)29(31,32)33)24-13-14-37(16-25(24)19-7-10-23(30)11-8-19)28(38)21-5-3-20(4-6-21)27-35-18(2)40-36-27/h3-12,15,18,24-25H,1,13-14,16H2,2H3,(H,35,36)/t18?,24-,25-/m1/s1. The number of pyridine rings is 1. The van der Waals surface area contributed by atoms with Crippen LogP contribution in [0.3, 0.4) is 0 Å². The van der Waals surface area contributed by atoms with Crippen LogP contribution in [0.25, 0.3) is 0 Å². The minimum Gasteiger partial charge on any atom is -0.444 e. The summed E-state index contributed by atoms with van der Waals surface area (Å²) in [6.45, 7) is 6.75. The van der Waals surface area contributed by atoms with Crippen LogP contribution in [0, 0.1) is 5.92 Å². The van der Waals surface area contributed by atoms with Gasteiger partial charge in [0, 0.05) is 53.3 Å². The summed E-state index contributed by atoms with van der Waals surface area (Å²) < 4.78 is 44.6. The molecule has 3 atom stereocenters. The van der Waals surface area contributed by atoms with Gasteiger partial charge < -0.3 is 19.8 Å². The molecule has 40 heavy (non-hydrogen) atoms. The van der Waals surface area contributed by atoms with Crippen molar-refractivity contribution in [2.24, 2.45) is 11.1 Å². The fraction of sp³-hybridized carbons (Fsp3) is 0.276. The summed E-state index contributed by atoms with van der Waals surface area (Å²) in [5, 5.41) is 7.68. The van der Waals surface area contributed by atoms with Crippen LogP contribution in [-0.2, 0) is 11.0 Å². The number of hydrogen-bond acceptors (Lipinski definition) is 6. The molecule has 0 saturated carbocycles. The van der Waals surface area contributed by atoms with Gasteiger partial charge in [-0.2, -0.15) is 13.2 Å². The Hall–Kier alpha value is -4.05. The predicted octanol–water partition coefficient (Wildman–Crippen LogP) is 6.22. The molecule has 1 amide bonds. The first-order valence-electron chi connectivity index (χ1n) is 12.6. The van der Waals surface area contributed by atoms with Gasteiger partial charge in [-0.3, -0.25) is 4.79 Å². The molecule has 3 aromatic rings. The Kier molecular flexibility index (Phi) is 7.71. The van der Waals surface area contributed by atoms with E-state index in [0.717, 1.165) is 23.4 Å². The van der Waals surface area contributed by atoms with Gasteiger partial charge in [0.25, 0.3) is 5.91 Å². The van der Waals surface area contributed by atoms with Gasteiger partial charge in [0.05, 0.1) is 5.56 Å². The molecule has 1 unspecified atom stereocenters. The SMILES string of the molecule is C=C(Oc1ccc(C(F)(F)F)cn1)[C@H]1CCN(C(=O)c2ccc(C3=NOC(C)N3)cc2)C[C@@H]1c1ccc(Cl)cc1. The summed E-state index contributed by atoms with van der Waals surface area (Å²) in [5.74, 6) is 0.469. The summed E-state index contributed by atoms with van der Waals surface area (Å²) in [5.41, 5.74) is 1.42. The van der Waals surface area contributed by atoms with E-state index < -0.39 is 11.7 Å². The van der Waals surface area contributed by atoms with Crippen LogP contribution in [0.2, 0.25) is 5.02 Å². The van der Waals surface area contributed by atoms with E-state index in [1.54, 1.807) is 29.2 Å². The van der Waals surface area contributed by atoms with Gasteiger partial charge in [-0.05, 0) is 49.2 Å². The van der Waals surface area contributed by atoms with Crippen molar-refractivity contribution in [2.75, 3.05) is 13.1 Å². The quantitative estimate of drug-likeness (QED) is 0.356. The van der Waals surface area contributed by atoms with E-state index >= 15 is 0 Å². The van der Waals surface area contributed by atoms with Crippen molar-refractivity contribution in [2.45, 2.75) is 31.7 Å². The van der Waals surface area contributed by atoms with Gasteiger partial charge in [0.15, 0.2) is 12.1 Å². The van der Waals surface area contributed by atoms with E-state index in [-0.39, 0.29) is 29.9 Å². The molecule has 5 rings (SSSR count). The number of piperidine rings is 1. The van der Waals surface area contributed by atoms with Gasteiger partial charge in [0.2, 0.25) is 5.88 Å². The Balaban J connectivity index is 1.32. The molecular weight excluding hydrogens is 545 g/mol. The maximum Gasteiger partial charge on any atom is 0.417 e. The normalized spacial score (nSPS) is 20.8. The van der Waals surface area contributed by atoms with Crippen LogP contribution in [0.4, 0.5) is 13.2 Å². The van der Waals surface area contributed by atoms with Gasteiger partial charge in [-0.15, -0.1) is 0 Å². The molecule has 7 nitrogen and oxygen atoms in total. The van der Waals surface area contributed by atoms with Crippen LogP contribution < -0.4 is 10.1 Å². The number of alkyl halides is 3. The van der Waals surface area contributed by atoms with Crippen LogP contribution in [0.15, 0.2) is 84.4 Å². The van der Waals surface area contributed by atoms with Gasteiger partial charge >= 0.3 is 6.18 Å². The predicted molar refractivity (Wildman–Crippen MR) is 144 cm³/mol. The number of likely N-dealkylation sites (tertiary alicyclic amines) is 1. The Morgan fingerprint density at radius 2 is 1.85 bits per heavy atom. The lowest BCUT2D eigenvalue weighted by Crippen LogP contribution is -2.43. The summed E-state index contributed by atoms with van der Waals surface area (Å²) in [6.07, 6.45) is -3.44. The number of benzene rings is 2. The number of hydrogen-bond donors (Lipinski definition) is 1. The first-order chi connectivity index (χ1) is 19.1. The molecule has 2 aliphatic rings. The minimum absolute atomic E-state index is 0.0209. The molecule has 208 valence electrons. The highest BCUT2D eigenvalue weighted by Crippen LogP contribution is 2.38. The van der Waals surface area contributed by atoms with Crippen LogP contribution in [0.5, 0.6) is 5.88 Å². The second-order valence-electron chi connectivity index (χ2n) is 9.66. The lowest BCUT2D eigenvalue weighted by atomic mass is 9.79. The Labute approximate surface area is 234 Å². The molecule has 0 spiro atoms. The second-order valence-corrected chi connectivity index (χ2v) is 10.1. The number of rotatable bonds is 6. The fourth-order valence-corrected chi connectivity index (χ4v) is 4.98. The molecule has 11 heteroatoms. The third kappa shape index (κ3) is 6.07. The number of halogens is 4. The highest BCUT2D eigenvalue weighted by Gasteiger charge is 2.36. The molecule has 3 heterocycles. The summed E-state index contributed by atoms with van der Waals surface area (Å²) >= 11 is 6.11. The first kappa shape index (κ1) is 27.5. The number of amides is 1. The molecule has 2 aromatic carbocycles. The number of nitrogens with zero attached hydrogens (tertiary/aromatic N) is 3. The Bertz CT molecular complexity index is 1410. The van der Waals surface area contributed by atoms with E-state index in [2.05, 4.69) is 22.0 Å². The monoisotopic (exact) mass is 570 g/mol. The Morgan fingerprint density at radius 1 is 1.12 bits per heavy atom. The third-order valence-corrected chi connectivity index (χ3v) is 7.21. The number of nitrogens with one attached hydrogen (secondary N) is 1. The molecule has 2 aliphatic heterocycles. The summed E-state index contributed by atoms with van der Waals surface area (Å²) in [7, 11) is 0. The van der Waals surface area contributed by atoms with E-state index in [9.17, 15) is 18.0 Å². The first-order valence-corrected chi connectivity index (χ1v) is 13.0. The van der Waals surface area contributed by atoms with Crippen molar-refractivity contribution in [3.8, 4) is 5.88 Å². The number of carbonyl (C=O) groups is 1. The lowest BCUT2D eigenvalue weighted by molar-refractivity contribution is -0.137. The largest absolute Gasteiger partial charge is 0.444 e. The fourth-order valence-electron chi connectivity index (χ4n) is 4.85. The number of aromatic nitrogens is 1. The van der Waals surface area contributed by atoms with Crippen molar-refractivity contribution >= 4 is 23.3 Å². The molecular formula is C29H26ClF3N4O3. The molecule has 0 bridgehead atoms. The average molecular weight is 571 g/mol. The smallest absolute Gasteiger partial charge is 0.417 e. The number of allylic oxidation sites excluding steroid dienone is 1. The zero-order valence-electron chi connectivity index (χ0n) is 21.5. The second kappa shape index (κ2) is 11.2. The zero-order chi connectivity index (χ0) is 28.4. The van der Waals surface area contributed by atoms with Crippen LogP contribution in [0.1, 0.15) is 46.3 Å². The zero-order valence-corrected chi connectivity index (χ0v) is 22.2. The van der Waals surface area contributed by atoms with E-state index in [0.29, 0.717) is 41.7 Å². The number of carbonyl (C=O) groups excluding carboxylic acids is 1. The molecule has 0 radical (unpaired) electrons. The van der Waals surface area contributed by atoms with Crippen molar-refractivity contribution in [3.05, 3.63) is 106 Å². The van der Waals surface area contributed by atoms with Crippen molar-refractivity contribution < 1.29 is 27.5 Å². The molecule has 1 aromatic heterocycles. The minimum atomic E-state index is -4.49. The van der Waals surface area contributed by atoms with Crippen molar-refractivity contribution in [1.29, 1.82) is 0 Å². The molecule has 1 saturated heterocycles. The number of ether oxygens (including phenoxy) is 1. The molecule has 1 fully saturated rings. The summed E-state index contributed by atoms with van der Waals surface area (Å²) in [4.78, 5) is 24.2. The van der Waals surface area contributed by atoms with Crippen molar-refractivity contribution in [3.63, 3.8) is 0 Å². The molecule has 1 N–H and O–H groups in total. The maximum absolute atomic E-state index is 13.5. The van der Waals surface area contributed by atoms with Gasteiger partial charge in [-0.25, -0.2) is 4.98 Å². The topological polar surface area (TPSA) is 76.0 Å². The van der Waals surface area contributed by atoms with Crippen LogP contribution in [-0.4, -0.2) is 40.9 Å². The van der Waals surface area contributed by atoms with Crippen LogP contribution >= 0.6 is 11.6 Å². The average Bonchev–Trinajstić information content (AvgIpc) is 3.39. The summed E-state index contributed by atoms with van der Waals surface area (Å²) in [6, 6.07) is 16.6. The van der Waals surface area contributed by atoms with Gasteiger partial charge in [-0.1, -0.05) is 47.6 Å². The highest BCUT2D eigenvalue weighted by atomic mass is 35.5. The van der Waals surface area contributed by atoms with Gasteiger partial charge in [0.1, 0.15) is 5.76 Å². The van der Waals surface area contributed by atoms with E-state index in [1.165, 1.54) is 6.07 Å². The van der Waals surface area contributed by atoms with Crippen molar-refractivity contribution in [1.82, 2.24) is 15.2 Å². The lowest BCUT2D eigenvalue weighted by Gasteiger charge is -2.39. The maximum atomic E-state index is 13.5. The highest BCUT2D eigenvalue weighted by molar-refractivity contribution is 6.30. The number of oxime groups is 1. The third-order valence-electron chi connectivity index (χ3n) is 6.96. The molecule has 0 aliphatic carbocycles. The number of amidine groups is 1. The van der Waals surface area contributed by atoms with E-state index in [4.69, 9.17) is 21.2 Å². The Morgan fingerprint density at radius 3 is 2.45 bits per heavy atom. The van der Waals surface area contributed by atoms with E-state index in [1.807, 2.05) is 31.2 Å².